The van der Waals surface area contributed by atoms with Crippen LogP contribution >= 0.6 is 0 Å². The van der Waals surface area contributed by atoms with Crippen molar-refractivity contribution in [2.75, 3.05) is 6.54 Å². The standard InChI is InChI=1S/C9H16N2O2/c1-6-8(13)11(9(2,3)4)5-7(12)10-6/h6H,5H2,1-4H3,(H,10,12)/t6-/m0/s1. The van der Waals surface area contributed by atoms with E-state index >= 15 is 0 Å². The molecule has 1 aliphatic rings. The van der Waals surface area contributed by atoms with Gasteiger partial charge in [-0.15, -0.1) is 0 Å². The van der Waals surface area contributed by atoms with Crippen LogP contribution in [0.1, 0.15) is 27.7 Å². The third-order valence-corrected chi connectivity index (χ3v) is 2.13. The molecule has 1 saturated heterocycles. The fraction of sp³-hybridized carbons (Fsp3) is 0.778. The van der Waals surface area contributed by atoms with Crippen molar-refractivity contribution in [1.82, 2.24) is 10.2 Å². The molecule has 0 aromatic rings. The summed E-state index contributed by atoms with van der Waals surface area (Å²) < 4.78 is 0. The lowest BCUT2D eigenvalue weighted by Gasteiger charge is -2.40. The average molecular weight is 184 g/mol. The van der Waals surface area contributed by atoms with Gasteiger partial charge in [-0.1, -0.05) is 0 Å². The van der Waals surface area contributed by atoms with Crippen molar-refractivity contribution in [3.63, 3.8) is 0 Å². The van der Waals surface area contributed by atoms with Gasteiger partial charge in [0.1, 0.15) is 12.6 Å². The van der Waals surface area contributed by atoms with Crippen LogP contribution in [0.4, 0.5) is 0 Å². The van der Waals surface area contributed by atoms with Gasteiger partial charge in [0.25, 0.3) is 0 Å². The summed E-state index contributed by atoms with van der Waals surface area (Å²) >= 11 is 0. The monoisotopic (exact) mass is 184 g/mol. The Morgan fingerprint density at radius 1 is 1.38 bits per heavy atom. The molecule has 1 aliphatic heterocycles. The summed E-state index contributed by atoms with van der Waals surface area (Å²) in [5, 5.41) is 2.60. The van der Waals surface area contributed by atoms with E-state index in [-0.39, 0.29) is 29.9 Å². The second-order valence-electron chi connectivity index (χ2n) is 4.38. The van der Waals surface area contributed by atoms with E-state index in [1.165, 1.54) is 0 Å². The molecule has 13 heavy (non-hydrogen) atoms. The van der Waals surface area contributed by atoms with Crippen LogP contribution in [0.15, 0.2) is 0 Å². The first-order valence-corrected chi connectivity index (χ1v) is 4.43. The van der Waals surface area contributed by atoms with E-state index in [0.29, 0.717) is 0 Å². The minimum absolute atomic E-state index is 0.00731. The summed E-state index contributed by atoms with van der Waals surface area (Å²) in [5.74, 6) is -0.0888. The molecule has 0 aromatic heterocycles. The SMILES string of the molecule is C[C@@H]1NC(=O)CN(C(C)(C)C)C1=O. The molecule has 74 valence electrons. The maximum Gasteiger partial charge on any atom is 0.245 e. The van der Waals surface area contributed by atoms with Gasteiger partial charge in [0.2, 0.25) is 11.8 Å². The Hall–Kier alpha value is -1.06. The van der Waals surface area contributed by atoms with E-state index < -0.39 is 0 Å². The number of nitrogens with one attached hydrogen (secondary N) is 1. The first kappa shape index (κ1) is 10.0. The molecule has 1 heterocycles. The number of hydrogen-bond donors (Lipinski definition) is 1. The number of piperazine rings is 1. The fourth-order valence-corrected chi connectivity index (χ4v) is 1.37. The van der Waals surface area contributed by atoms with Crippen molar-refractivity contribution < 1.29 is 9.59 Å². The third kappa shape index (κ3) is 1.99. The highest BCUT2D eigenvalue weighted by Crippen LogP contribution is 2.16. The minimum Gasteiger partial charge on any atom is -0.343 e. The Labute approximate surface area is 78.3 Å². The molecule has 4 heteroatoms. The molecule has 0 radical (unpaired) electrons. The molecule has 0 aromatic carbocycles. The van der Waals surface area contributed by atoms with Crippen molar-refractivity contribution in [3.8, 4) is 0 Å². The van der Waals surface area contributed by atoms with Crippen LogP contribution in [0.3, 0.4) is 0 Å². The lowest BCUT2D eigenvalue weighted by Crippen LogP contribution is -2.61. The van der Waals surface area contributed by atoms with E-state index in [4.69, 9.17) is 0 Å². The lowest BCUT2D eigenvalue weighted by molar-refractivity contribution is -0.148. The van der Waals surface area contributed by atoms with Crippen LogP contribution in [0.5, 0.6) is 0 Å². The molecule has 4 nitrogen and oxygen atoms in total. The zero-order valence-electron chi connectivity index (χ0n) is 8.55. The van der Waals surface area contributed by atoms with Gasteiger partial charge in [-0.05, 0) is 27.7 Å². The second-order valence-corrected chi connectivity index (χ2v) is 4.38. The highest BCUT2D eigenvalue weighted by Gasteiger charge is 2.35. The van der Waals surface area contributed by atoms with Crippen LogP contribution < -0.4 is 5.32 Å². The normalized spacial score (nSPS) is 24.6. The number of nitrogens with zero attached hydrogens (tertiary/aromatic N) is 1. The van der Waals surface area contributed by atoms with Gasteiger partial charge in [0.05, 0.1) is 0 Å². The molecule has 2 amide bonds. The third-order valence-electron chi connectivity index (χ3n) is 2.13. The van der Waals surface area contributed by atoms with Crippen LogP contribution in [0, 0.1) is 0 Å². The van der Waals surface area contributed by atoms with Crippen molar-refractivity contribution in [1.29, 1.82) is 0 Å². The van der Waals surface area contributed by atoms with Crippen LogP contribution in [0.25, 0.3) is 0 Å². The molecule has 0 aliphatic carbocycles. The Morgan fingerprint density at radius 2 is 1.92 bits per heavy atom. The molecule has 1 rings (SSSR count). The summed E-state index contributed by atoms with van der Waals surface area (Å²) in [6.07, 6.45) is 0. The Kier molecular flexibility index (Phi) is 2.32. The summed E-state index contributed by atoms with van der Waals surface area (Å²) in [5.41, 5.74) is -0.275. The number of carbonyl (C=O) groups excluding carboxylic acids is 2. The highest BCUT2D eigenvalue weighted by atomic mass is 16.2. The smallest absolute Gasteiger partial charge is 0.245 e. The van der Waals surface area contributed by atoms with Crippen molar-refractivity contribution in [2.45, 2.75) is 39.3 Å². The molecule has 1 fully saturated rings. The van der Waals surface area contributed by atoms with E-state index in [2.05, 4.69) is 5.32 Å². The highest BCUT2D eigenvalue weighted by molar-refractivity contribution is 5.94. The van der Waals surface area contributed by atoms with Gasteiger partial charge in [-0.2, -0.15) is 0 Å². The van der Waals surface area contributed by atoms with Gasteiger partial charge in [0.15, 0.2) is 0 Å². The summed E-state index contributed by atoms with van der Waals surface area (Å²) in [7, 11) is 0. The molecule has 0 spiro atoms. The zero-order valence-corrected chi connectivity index (χ0v) is 8.55. The Balaban J connectivity index is 2.84. The fourth-order valence-electron chi connectivity index (χ4n) is 1.37. The first-order chi connectivity index (χ1) is 5.82. The predicted octanol–water partition coefficient (Wildman–Crippen LogP) is 0.132. The predicted molar refractivity (Wildman–Crippen MR) is 49.1 cm³/mol. The summed E-state index contributed by atoms with van der Waals surface area (Å²) in [4.78, 5) is 24.4. The van der Waals surface area contributed by atoms with Crippen LogP contribution in [-0.4, -0.2) is 34.8 Å². The molecule has 0 saturated carbocycles. The molecule has 1 N–H and O–H groups in total. The van der Waals surface area contributed by atoms with Crippen LogP contribution in [-0.2, 0) is 9.59 Å². The van der Waals surface area contributed by atoms with Gasteiger partial charge in [-0.25, -0.2) is 0 Å². The summed E-state index contributed by atoms with van der Waals surface area (Å²) in [6, 6.07) is -0.388. The first-order valence-electron chi connectivity index (χ1n) is 4.43. The number of carbonyl (C=O) groups is 2. The van der Waals surface area contributed by atoms with E-state index in [1.807, 2.05) is 20.8 Å². The maximum atomic E-state index is 11.6. The van der Waals surface area contributed by atoms with E-state index in [1.54, 1.807) is 11.8 Å². The number of rotatable bonds is 0. The number of hydrogen-bond acceptors (Lipinski definition) is 2. The second kappa shape index (κ2) is 3.01. The van der Waals surface area contributed by atoms with Gasteiger partial charge < -0.3 is 10.2 Å². The maximum absolute atomic E-state index is 11.6. The lowest BCUT2D eigenvalue weighted by atomic mass is 10.0. The Bertz CT molecular complexity index is 242. The topological polar surface area (TPSA) is 49.4 Å². The van der Waals surface area contributed by atoms with Crippen molar-refractivity contribution in [3.05, 3.63) is 0 Å². The number of amides is 2. The van der Waals surface area contributed by atoms with E-state index in [0.717, 1.165) is 0 Å². The zero-order chi connectivity index (χ0) is 10.2. The molecule has 1 atom stereocenters. The van der Waals surface area contributed by atoms with Crippen LogP contribution in [0.2, 0.25) is 0 Å². The average Bonchev–Trinajstić information content (AvgIpc) is 1.94. The van der Waals surface area contributed by atoms with E-state index in [9.17, 15) is 9.59 Å². The molecule has 0 unspecified atom stereocenters. The van der Waals surface area contributed by atoms with Gasteiger partial charge in [0, 0.05) is 5.54 Å². The minimum atomic E-state index is -0.388. The quantitative estimate of drug-likeness (QED) is 0.582. The molecule has 0 bridgehead atoms. The largest absolute Gasteiger partial charge is 0.343 e. The van der Waals surface area contributed by atoms with Gasteiger partial charge >= 0.3 is 0 Å². The molecular formula is C9H16N2O2. The summed E-state index contributed by atoms with van der Waals surface area (Å²) in [6.45, 7) is 7.66. The van der Waals surface area contributed by atoms with Crippen molar-refractivity contribution >= 4 is 11.8 Å². The molecular weight excluding hydrogens is 168 g/mol. The van der Waals surface area contributed by atoms with Crippen molar-refractivity contribution in [2.24, 2.45) is 0 Å². The Morgan fingerprint density at radius 3 is 2.38 bits per heavy atom. The van der Waals surface area contributed by atoms with Gasteiger partial charge in [-0.3, -0.25) is 9.59 Å².